The fraction of sp³-hybridized carbons (Fsp3) is 0.357. The molecule has 8 heteroatoms. The number of rotatable bonds is 6. The zero-order valence-corrected chi connectivity index (χ0v) is 14.1. The van der Waals surface area contributed by atoms with Crippen molar-refractivity contribution in [2.24, 2.45) is 0 Å². The molecule has 1 amide bonds. The third-order valence-corrected chi connectivity index (χ3v) is 4.35. The van der Waals surface area contributed by atoms with E-state index in [2.05, 4.69) is 10.2 Å². The van der Waals surface area contributed by atoms with Crippen molar-refractivity contribution in [3.8, 4) is 11.4 Å². The highest BCUT2D eigenvalue weighted by molar-refractivity contribution is 7.99. The molecular formula is C14H18ClN5OS. The molecule has 1 heterocycles. The van der Waals surface area contributed by atoms with Crippen LogP contribution in [0.4, 0.5) is 0 Å². The molecule has 2 N–H and O–H groups in total. The van der Waals surface area contributed by atoms with Crippen LogP contribution in [-0.4, -0.2) is 44.5 Å². The Morgan fingerprint density at radius 3 is 2.73 bits per heavy atom. The van der Waals surface area contributed by atoms with E-state index in [0.717, 1.165) is 5.56 Å². The first-order chi connectivity index (χ1) is 10.6. The highest BCUT2D eigenvalue weighted by Gasteiger charge is 2.15. The van der Waals surface area contributed by atoms with Gasteiger partial charge in [-0.15, -0.1) is 10.2 Å². The normalized spacial score (nSPS) is 10.7. The van der Waals surface area contributed by atoms with Gasteiger partial charge in [0, 0.05) is 23.7 Å². The summed E-state index contributed by atoms with van der Waals surface area (Å²) >= 11 is 7.24. The van der Waals surface area contributed by atoms with Crippen LogP contribution >= 0.6 is 23.4 Å². The van der Waals surface area contributed by atoms with Crippen molar-refractivity contribution in [2.45, 2.75) is 19.0 Å². The van der Waals surface area contributed by atoms with Crippen molar-refractivity contribution in [3.63, 3.8) is 0 Å². The molecular weight excluding hydrogens is 322 g/mol. The second-order valence-corrected chi connectivity index (χ2v) is 5.92. The van der Waals surface area contributed by atoms with Gasteiger partial charge in [-0.3, -0.25) is 4.79 Å². The van der Waals surface area contributed by atoms with Gasteiger partial charge in [-0.2, -0.15) is 0 Å². The summed E-state index contributed by atoms with van der Waals surface area (Å²) in [6, 6.07) is 7.23. The minimum Gasteiger partial charge on any atom is -0.343 e. The van der Waals surface area contributed by atoms with Crippen molar-refractivity contribution in [3.05, 3.63) is 29.3 Å². The maximum absolute atomic E-state index is 12.0. The van der Waals surface area contributed by atoms with Gasteiger partial charge in [0.15, 0.2) is 5.82 Å². The Balaban J connectivity index is 2.10. The molecule has 0 aliphatic rings. The SMILES string of the molecule is CCN(CC)C(=O)CSc1nnc(-c2cccc(Cl)c2)n1N. The summed E-state index contributed by atoms with van der Waals surface area (Å²) in [4.78, 5) is 13.8. The van der Waals surface area contributed by atoms with Crippen molar-refractivity contribution in [1.29, 1.82) is 0 Å². The van der Waals surface area contributed by atoms with Crippen LogP contribution in [0.5, 0.6) is 0 Å². The number of thioether (sulfide) groups is 1. The van der Waals surface area contributed by atoms with Crippen molar-refractivity contribution < 1.29 is 4.79 Å². The molecule has 0 bridgehead atoms. The van der Waals surface area contributed by atoms with E-state index in [1.165, 1.54) is 16.4 Å². The highest BCUT2D eigenvalue weighted by Crippen LogP contribution is 2.23. The van der Waals surface area contributed by atoms with Gasteiger partial charge in [-0.05, 0) is 26.0 Å². The number of amides is 1. The van der Waals surface area contributed by atoms with Crippen LogP contribution in [0.3, 0.4) is 0 Å². The number of nitrogen functional groups attached to an aromatic ring is 1. The van der Waals surface area contributed by atoms with Gasteiger partial charge in [0.1, 0.15) is 0 Å². The summed E-state index contributed by atoms with van der Waals surface area (Å²) in [5.74, 6) is 6.87. The largest absolute Gasteiger partial charge is 0.343 e. The molecule has 0 aliphatic heterocycles. The third kappa shape index (κ3) is 3.72. The molecule has 6 nitrogen and oxygen atoms in total. The standard InChI is InChI=1S/C14H18ClN5OS/c1-3-19(4-2)12(21)9-22-14-18-17-13(20(14)16)10-6-5-7-11(15)8-10/h5-8H,3-4,9,16H2,1-2H3. The van der Waals surface area contributed by atoms with Crippen LogP contribution in [0, 0.1) is 0 Å². The number of carbonyl (C=O) groups is 1. The lowest BCUT2D eigenvalue weighted by Gasteiger charge is -2.17. The fourth-order valence-corrected chi connectivity index (χ4v) is 2.94. The van der Waals surface area contributed by atoms with E-state index in [1.807, 2.05) is 26.0 Å². The molecule has 1 aromatic carbocycles. The molecule has 118 valence electrons. The first kappa shape index (κ1) is 16.6. The van der Waals surface area contributed by atoms with Gasteiger partial charge in [-0.25, -0.2) is 4.68 Å². The molecule has 1 aromatic heterocycles. The third-order valence-electron chi connectivity index (χ3n) is 3.19. The van der Waals surface area contributed by atoms with Gasteiger partial charge < -0.3 is 10.7 Å². The Labute approximate surface area is 138 Å². The monoisotopic (exact) mass is 339 g/mol. The van der Waals surface area contributed by atoms with E-state index in [0.29, 0.717) is 29.1 Å². The molecule has 0 atom stereocenters. The van der Waals surface area contributed by atoms with E-state index in [-0.39, 0.29) is 11.7 Å². The number of aromatic nitrogens is 3. The van der Waals surface area contributed by atoms with E-state index in [4.69, 9.17) is 17.4 Å². The van der Waals surface area contributed by atoms with Gasteiger partial charge in [0.25, 0.3) is 0 Å². The fourth-order valence-electron chi connectivity index (χ4n) is 1.99. The Morgan fingerprint density at radius 2 is 2.09 bits per heavy atom. The lowest BCUT2D eigenvalue weighted by atomic mass is 10.2. The number of nitrogens with zero attached hydrogens (tertiary/aromatic N) is 4. The number of benzene rings is 1. The molecule has 0 fully saturated rings. The Kier molecular flexibility index (Phi) is 5.68. The minimum absolute atomic E-state index is 0.0577. The molecule has 2 aromatic rings. The summed E-state index contributed by atoms with van der Waals surface area (Å²) in [5.41, 5.74) is 0.782. The molecule has 0 aliphatic carbocycles. The van der Waals surface area contributed by atoms with Crippen LogP contribution in [0.15, 0.2) is 29.4 Å². The number of carbonyl (C=O) groups excluding carboxylic acids is 1. The van der Waals surface area contributed by atoms with Crippen molar-refractivity contribution >= 4 is 29.3 Å². The average Bonchev–Trinajstić information content (AvgIpc) is 2.87. The maximum atomic E-state index is 12.0. The quantitative estimate of drug-likeness (QED) is 0.645. The van der Waals surface area contributed by atoms with Crippen LogP contribution in [0.1, 0.15) is 13.8 Å². The van der Waals surface area contributed by atoms with Crippen LogP contribution in [0.25, 0.3) is 11.4 Å². The van der Waals surface area contributed by atoms with E-state index >= 15 is 0 Å². The molecule has 0 saturated carbocycles. The molecule has 2 rings (SSSR count). The van der Waals surface area contributed by atoms with E-state index in [9.17, 15) is 4.79 Å². The van der Waals surface area contributed by atoms with Crippen molar-refractivity contribution in [2.75, 3.05) is 24.7 Å². The molecule has 0 spiro atoms. The zero-order chi connectivity index (χ0) is 16.1. The first-order valence-electron chi connectivity index (χ1n) is 6.93. The highest BCUT2D eigenvalue weighted by atomic mass is 35.5. The predicted octanol–water partition coefficient (Wildman–Crippen LogP) is 2.27. The van der Waals surface area contributed by atoms with Crippen LogP contribution < -0.4 is 5.84 Å². The van der Waals surface area contributed by atoms with Crippen LogP contribution in [-0.2, 0) is 4.79 Å². The number of hydrogen-bond donors (Lipinski definition) is 1. The number of nitrogens with two attached hydrogens (primary N) is 1. The molecule has 0 saturated heterocycles. The van der Waals surface area contributed by atoms with Gasteiger partial charge in [0.2, 0.25) is 11.1 Å². The maximum Gasteiger partial charge on any atom is 0.233 e. The lowest BCUT2D eigenvalue weighted by molar-refractivity contribution is -0.127. The Morgan fingerprint density at radius 1 is 1.36 bits per heavy atom. The lowest BCUT2D eigenvalue weighted by Crippen LogP contribution is -2.32. The summed E-state index contributed by atoms with van der Waals surface area (Å²) in [5, 5.41) is 9.21. The molecule has 0 unspecified atom stereocenters. The topological polar surface area (TPSA) is 77.0 Å². The second kappa shape index (κ2) is 7.51. The van der Waals surface area contributed by atoms with Gasteiger partial charge in [-0.1, -0.05) is 35.5 Å². The first-order valence-corrected chi connectivity index (χ1v) is 8.30. The van der Waals surface area contributed by atoms with Crippen molar-refractivity contribution in [1.82, 2.24) is 19.8 Å². The Bertz CT molecular complexity index is 656. The zero-order valence-electron chi connectivity index (χ0n) is 12.5. The predicted molar refractivity (Wildman–Crippen MR) is 89.3 cm³/mol. The minimum atomic E-state index is 0.0577. The number of hydrogen-bond acceptors (Lipinski definition) is 5. The summed E-state index contributed by atoms with van der Waals surface area (Å²) < 4.78 is 1.38. The van der Waals surface area contributed by atoms with Gasteiger partial charge in [0.05, 0.1) is 5.75 Å². The van der Waals surface area contributed by atoms with E-state index < -0.39 is 0 Å². The van der Waals surface area contributed by atoms with E-state index in [1.54, 1.807) is 17.0 Å². The number of halogens is 1. The molecule has 22 heavy (non-hydrogen) atoms. The van der Waals surface area contributed by atoms with Gasteiger partial charge >= 0.3 is 0 Å². The summed E-state index contributed by atoms with van der Waals surface area (Å²) in [6.45, 7) is 5.29. The summed E-state index contributed by atoms with van der Waals surface area (Å²) in [6.07, 6.45) is 0. The summed E-state index contributed by atoms with van der Waals surface area (Å²) in [7, 11) is 0. The average molecular weight is 340 g/mol. The van der Waals surface area contributed by atoms with Crippen LogP contribution in [0.2, 0.25) is 5.02 Å². The Hall–Kier alpha value is -1.73. The molecule has 0 radical (unpaired) electrons. The second-order valence-electron chi connectivity index (χ2n) is 4.54. The smallest absolute Gasteiger partial charge is 0.233 e.